The number of ether oxygens (including phenoxy) is 1. The maximum atomic E-state index is 10.3. The molecule has 0 fully saturated rings. The molecule has 2 aliphatic heterocycles. The van der Waals surface area contributed by atoms with Crippen LogP contribution in [0.4, 0.5) is 0 Å². The van der Waals surface area contributed by atoms with E-state index >= 15 is 0 Å². The zero-order valence-electron chi connectivity index (χ0n) is 11.9. The van der Waals surface area contributed by atoms with E-state index in [1.165, 1.54) is 21.2 Å². The van der Waals surface area contributed by atoms with E-state index < -0.39 is 10.9 Å². The van der Waals surface area contributed by atoms with Crippen molar-refractivity contribution in [3.05, 3.63) is 64.4 Å². The fraction of sp³-hybridized carbons (Fsp3) is 0.222. The fourth-order valence-electron chi connectivity index (χ4n) is 3.46. The summed E-state index contributed by atoms with van der Waals surface area (Å²) >= 11 is 0. The molecule has 108 valence electrons. The SMILES string of the molecule is CC1=CC=C[SH]1[C@]1(CO)COc2ccc3ccccc3c21. The first-order valence-corrected chi connectivity index (χ1v) is 8.58. The molecule has 2 atom stereocenters. The Morgan fingerprint density at radius 2 is 2.10 bits per heavy atom. The number of allylic oxidation sites excluding steroid dienone is 3. The third-order valence-electron chi connectivity index (χ3n) is 4.50. The van der Waals surface area contributed by atoms with Gasteiger partial charge >= 0.3 is 0 Å². The normalized spacial score (nSPS) is 28.5. The molecule has 1 unspecified atom stereocenters. The molecule has 21 heavy (non-hydrogen) atoms. The van der Waals surface area contributed by atoms with E-state index in [0.29, 0.717) is 6.61 Å². The van der Waals surface area contributed by atoms with Crippen LogP contribution in [0.2, 0.25) is 0 Å². The molecule has 0 spiro atoms. The molecule has 0 bridgehead atoms. The van der Waals surface area contributed by atoms with Crippen LogP contribution in [0.15, 0.2) is 58.9 Å². The van der Waals surface area contributed by atoms with Crippen molar-refractivity contribution < 1.29 is 9.84 Å². The number of thiol groups is 1. The predicted octanol–water partition coefficient (Wildman–Crippen LogP) is 3.85. The van der Waals surface area contributed by atoms with Gasteiger partial charge in [-0.25, -0.2) is 0 Å². The number of benzene rings is 2. The minimum absolute atomic E-state index is 0.120. The van der Waals surface area contributed by atoms with Gasteiger partial charge in [0.1, 0.15) is 12.4 Å². The Balaban J connectivity index is 2.01. The van der Waals surface area contributed by atoms with Gasteiger partial charge in [0, 0.05) is 5.56 Å². The van der Waals surface area contributed by atoms with E-state index in [4.69, 9.17) is 4.74 Å². The summed E-state index contributed by atoms with van der Waals surface area (Å²) in [7, 11) is -0.546. The summed E-state index contributed by atoms with van der Waals surface area (Å²) in [6, 6.07) is 12.5. The van der Waals surface area contributed by atoms with Gasteiger partial charge in [0.2, 0.25) is 0 Å². The van der Waals surface area contributed by atoms with Gasteiger partial charge in [0.25, 0.3) is 0 Å². The van der Waals surface area contributed by atoms with Crippen LogP contribution >= 0.6 is 10.9 Å². The Morgan fingerprint density at radius 1 is 1.24 bits per heavy atom. The number of rotatable bonds is 2. The highest BCUT2D eigenvalue weighted by atomic mass is 32.2. The topological polar surface area (TPSA) is 29.5 Å². The Bertz CT molecular complexity index is 778. The highest BCUT2D eigenvalue weighted by molar-refractivity contribution is 8.23. The first-order valence-electron chi connectivity index (χ1n) is 7.16. The maximum absolute atomic E-state index is 10.3. The van der Waals surface area contributed by atoms with Crippen molar-refractivity contribution in [2.24, 2.45) is 0 Å². The molecule has 0 amide bonds. The zero-order chi connectivity index (χ0) is 14.4. The van der Waals surface area contributed by atoms with Crippen molar-refractivity contribution >= 4 is 21.7 Å². The smallest absolute Gasteiger partial charge is 0.124 e. The van der Waals surface area contributed by atoms with Crippen LogP contribution in [0.1, 0.15) is 12.5 Å². The van der Waals surface area contributed by atoms with Crippen LogP contribution in [0.5, 0.6) is 5.75 Å². The zero-order valence-corrected chi connectivity index (χ0v) is 12.8. The molecular weight excluding hydrogens is 280 g/mol. The average Bonchev–Trinajstić information content (AvgIpc) is 3.11. The molecule has 2 nitrogen and oxygen atoms in total. The van der Waals surface area contributed by atoms with Gasteiger partial charge in [-0.3, -0.25) is 0 Å². The van der Waals surface area contributed by atoms with E-state index in [1.54, 1.807) is 0 Å². The highest BCUT2D eigenvalue weighted by Crippen LogP contribution is 2.62. The number of fused-ring (bicyclic) bond motifs is 3. The first kappa shape index (κ1) is 13.0. The van der Waals surface area contributed by atoms with Crippen LogP contribution in [-0.4, -0.2) is 18.3 Å². The van der Waals surface area contributed by atoms with Gasteiger partial charge in [0.05, 0.1) is 11.4 Å². The van der Waals surface area contributed by atoms with Crippen LogP contribution in [0.25, 0.3) is 10.8 Å². The summed E-state index contributed by atoms with van der Waals surface area (Å²) < 4.78 is 5.66. The Kier molecular flexibility index (Phi) is 2.88. The molecule has 4 rings (SSSR count). The second kappa shape index (κ2) is 4.65. The van der Waals surface area contributed by atoms with Crippen LogP contribution < -0.4 is 4.74 Å². The van der Waals surface area contributed by atoms with E-state index in [9.17, 15) is 5.11 Å². The molecule has 0 aliphatic carbocycles. The van der Waals surface area contributed by atoms with Gasteiger partial charge < -0.3 is 9.84 Å². The molecular formula is C18H18O2S. The standard InChI is InChI=1S/C18H18O2S/c1-13-5-4-10-21(13)18(11-19)12-20-16-9-8-14-6-2-3-7-15(14)17(16)18/h2-10,19,21H,11-12H2,1H3/t18-/m1/s1. The third-order valence-corrected chi connectivity index (χ3v) is 7.29. The number of aliphatic hydroxyl groups is 1. The lowest BCUT2D eigenvalue weighted by Gasteiger charge is -2.36. The van der Waals surface area contributed by atoms with E-state index in [-0.39, 0.29) is 11.4 Å². The predicted molar refractivity (Wildman–Crippen MR) is 90.1 cm³/mol. The molecule has 0 saturated carbocycles. The van der Waals surface area contributed by atoms with Crippen LogP contribution in [0, 0.1) is 0 Å². The molecule has 2 heterocycles. The van der Waals surface area contributed by atoms with Crippen molar-refractivity contribution in [3.8, 4) is 5.75 Å². The lowest BCUT2D eigenvalue weighted by atomic mass is 9.94. The van der Waals surface area contributed by atoms with Gasteiger partial charge in [-0.1, -0.05) is 42.5 Å². The molecule has 0 aromatic heterocycles. The first-order chi connectivity index (χ1) is 10.3. The van der Waals surface area contributed by atoms with Crippen molar-refractivity contribution in [2.45, 2.75) is 11.7 Å². The van der Waals surface area contributed by atoms with Crippen LogP contribution in [-0.2, 0) is 4.75 Å². The summed E-state index contributed by atoms with van der Waals surface area (Å²) in [5, 5.41) is 14.9. The maximum Gasteiger partial charge on any atom is 0.124 e. The van der Waals surface area contributed by atoms with Gasteiger partial charge in [-0.15, -0.1) is 0 Å². The molecule has 0 radical (unpaired) electrons. The second-order valence-electron chi connectivity index (χ2n) is 5.66. The van der Waals surface area contributed by atoms with Crippen LogP contribution in [0.3, 0.4) is 0 Å². The number of hydrogen-bond donors (Lipinski definition) is 2. The Labute approximate surface area is 127 Å². The van der Waals surface area contributed by atoms with Gasteiger partial charge in [-0.2, -0.15) is 10.9 Å². The minimum Gasteiger partial charge on any atom is -0.491 e. The summed E-state index contributed by atoms with van der Waals surface area (Å²) in [5.41, 5.74) is 1.19. The number of aliphatic hydroxyl groups excluding tert-OH is 1. The lowest BCUT2D eigenvalue weighted by Crippen LogP contribution is -2.32. The van der Waals surface area contributed by atoms with E-state index in [0.717, 1.165) is 5.75 Å². The second-order valence-corrected chi connectivity index (χ2v) is 8.26. The van der Waals surface area contributed by atoms with Crippen molar-refractivity contribution in [1.82, 2.24) is 0 Å². The molecule has 1 N–H and O–H groups in total. The van der Waals surface area contributed by atoms with Gasteiger partial charge in [-0.05, 0) is 34.1 Å². The summed E-state index contributed by atoms with van der Waals surface area (Å²) in [5.74, 6) is 0.929. The summed E-state index contributed by atoms with van der Waals surface area (Å²) in [4.78, 5) is 1.35. The molecule has 2 aliphatic rings. The highest BCUT2D eigenvalue weighted by Gasteiger charge is 2.46. The molecule has 3 heteroatoms. The monoisotopic (exact) mass is 298 g/mol. The minimum atomic E-state index is -0.546. The van der Waals surface area contributed by atoms with Crippen molar-refractivity contribution in [2.75, 3.05) is 13.2 Å². The largest absolute Gasteiger partial charge is 0.491 e. The van der Waals surface area contributed by atoms with Gasteiger partial charge in [0.15, 0.2) is 0 Å². The van der Waals surface area contributed by atoms with E-state index in [2.05, 4.69) is 54.8 Å². The quantitative estimate of drug-likeness (QED) is 0.825. The molecule has 2 aromatic rings. The third kappa shape index (κ3) is 1.71. The summed E-state index contributed by atoms with van der Waals surface area (Å²) in [6.07, 6.45) is 4.27. The Hall–Kier alpha value is -1.71. The number of hydrogen-bond acceptors (Lipinski definition) is 2. The molecule has 2 aromatic carbocycles. The fourth-order valence-corrected chi connectivity index (χ4v) is 5.99. The average molecular weight is 298 g/mol. The van der Waals surface area contributed by atoms with Crippen molar-refractivity contribution in [3.63, 3.8) is 0 Å². The molecule has 0 saturated heterocycles. The summed E-state index contributed by atoms with van der Waals surface area (Å²) in [6.45, 7) is 2.84. The Morgan fingerprint density at radius 3 is 2.86 bits per heavy atom. The van der Waals surface area contributed by atoms with E-state index in [1.807, 2.05) is 6.07 Å². The van der Waals surface area contributed by atoms with Crippen molar-refractivity contribution in [1.29, 1.82) is 0 Å². The lowest BCUT2D eigenvalue weighted by molar-refractivity contribution is 0.214.